The van der Waals surface area contributed by atoms with Gasteiger partial charge in [-0.15, -0.1) is 0 Å². The van der Waals surface area contributed by atoms with Gasteiger partial charge in [0.25, 0.3) is 5.91 Å². The van der Waals surface area contributed by atoms with Gasteiger partial charge in [0.2, 0.25) is 0 Å². The largest absolute Gasteiger partial charge is 0.290 e. The summed E-state index contributed by atoms with van der Waals surface area (Å²) in [5.41, 5.74) is 3.97. The predicted molar refractivity (Wildman–Crippen MR) is 74.8 cm³/mol. The Bertz CT molecular complexity index is 527. The molecule has 5 heteroatoms. The zero-order valence-corrected chi connectivity index (χ0v) is 11.9. The molecule has 1 aromatic heterocycles. The van der Waals surface area contributed by atoms with Crippen LogP contribution in [0.15, 0.2) is 6.20 Å². The maximum atomic E-state index is 11.8. The lowest BCUT2D eigenvalue weighted by molar-refractivity contribution is -0.0503. The van der Waals surface area contributed by atoms with Crippen molar-refractivity contribution in [2.75, 3.05) is 0 Å². The molecule has 0 aliphatic heterocycles. The minimum Gasteiger partial charge on any atom is -0.290 e. The maximum Gasteiger partial charge on any atom is 0.268 e. The molecule has 0 spiro atoms. The van der Waals surface area contributed by atoms with Crippen molar-refractivity contribution in [3.8, 4) is 0 Å². The Hall–Kier alpha value is -1.36. The Kier molecular flexibility index (Phi) is 2.52. The van der Waals surface area contributed by atoms with Gasteiger partial charge in [-0.2, -0.15) is 5.10 Å². The molecular formula is C15H22N4O. The Morgan fingerprint density at radius 1 is 1.30 bits per heavy atom. The molecule has 1 aromatic rings. The van der Waals surface area contributed by atoms with Gasteiger partial charge in [0.1, 0.15) is 0 Å². The quantitative estimate of drug-likeness (QED) is 0.490. The van der Waals surface area contributed by atoms with Crippen molar-refractivity contribution in [2.24, 2.45) is 23.6 Å². The minimum absolute atomic E-state index is 0.173. The molecule has 4 saturated carbocycles. The van der Waals surface area contributed by atoms with Gasteiger partial charge in [0.05, 0.1) is 17.3 Å². The number of carbonyl (C=O) groups excluding carboxylic acids is 1. The molecule has 0 aromatic carbocycles. The fourth-order valence-electron chi connectivity index (χ4n) is 5.51. The van der Waals surface area contributed by atoms with Gasteiger partial charge in [-0.05, 0) is 63.2 Å². The minimum atomic E-state index is -0.238. The van der Waals surface area contributed by atoms with Crippen LogP contribution in [0.2, 0.25) is 0 Å². The van der Waals surface area contributed by atoms with E-state index in [0.29, 0.717) is 5.56 Å². The maximum absolute atomic E-state index is 11.8. The van der Waals surface area contributed by atoms with Crippen molar-refractivity contribution >= 4 is 5.91 Å². The molecule has 20 heavy (non-hydrogen) atoms. The van der Waals surface area contributed by atoms with Crippen molar-refractivity contribution in [3.05, 3.63) is 17.5 Å². The van der Waals surface area contributed by atoms with E-state index in [-0.39, 0.29) is 11.4 Å². The fourth-order valence-corrected chi connectivity index (χ4v) is 5.51. The number of nitrogens with zero attached hydrogens (tertiary/aromatic N) is 2. The molecule has 1 amide bonds. The summed E-state index contributed by atoms with van der Waals surface area (Å²) in [6, 6.07) is 0. The molecule has 3 N–H and O–H groups in total. The number of nitrogens with one attached hydrogen (secondary N) is 1. The number of hydrogen-bond acceptors (Lipinski definition) is 3. The lowest BCUT2D eigenvalue weighted by Gasteiger charge is -2.56. The highest BCUT2D eigenvalue weighted by Gasteiger charge is 2.52. The summed E-state index contributed by atoms with van der Waals surface area (Å²) >= 11 is 0. The normalized spacial score (nSPS) is 38.2. The van der Waals surface area contributed by atoms with Crippen LogP contribution in [0.5, 0.6) is 0 Å². The van der Waals surface area contributed by atoms with Crippen LogP contribution in [-0.4, -0.2) is 15.7 Å². The van der Waals surface area contributed by atoms with Gasteiger partial charge in [0.15, 0.2) is 0 Å². The first-order valence-corrected chi connectivity index (χ1v) is 7.67. The molecule has 0 saturated heterocycles. The molecule has 0 unspecified atom stereocenters. The number of amides is 1. The smallest absolute Gasteiger partial charge is 0.268 e. The third-order valence-electron chi connectivity index (χ3n) is 5.84. The van der Waals surface area contributed by atoms with E-state index in [9.17, 15) is 4.79 Å². The highest BCUT2D eigenvalue weighted by Crippen LogP contribution is 2.58. The molecule has 4 aliphatic rings. The van der Waals surface area contributed by atoms with E-state index >= 15 is 0 Å². The Morgan fingerprint density at radius 2 is 1.85 bits per heavy atom. The van der Waals surface area contributed by atoms with Gasteiger partial charge < -0.3 is 0 Å². The summed E-state index contributed by atoms with van der Waals surface area (Å²) in [7, 11) is 0. The number of carbonyl (C=O) groups is 1. The molecule has 5 nitrogen and oxygen atoms in total. The second-order valence-electron chi connectivity index (χ2n) is 7.17. The van der Waals surface area contributed by atoms with Gasteiger partial charge in [-0.25, -0.2) is 5.84 Å². The van der Waals surface area contributed by atoms with Gasteiger partial charge in [0, 0.05) is 5.69 Å². The SMILES string of the molecule is Cc1c(C(=O)NN)cnn1C12CC3CC(CC(C3)C1)C2. The molecule has 5 rings (SSSR count). The average Bonchev–Trinajstić information content (AvgIpc) is 2.79. The summed E-state index contributed by atoms with van der Waals surface area (Å²) in [6.07, 6.45) is 9.64. The van der Waals surface area contributed by atoms with Gasteiger partial charge >= 0.3 is 0 Å². The first-order valence-electron chi connectivity index (χ1n) is 7.67. The van der Waals surface area contributed by atoms with E-state index in [4.69, 9.17) is 5.84 Å². The molecular weight excluding hydrogens is 252 g/mol. The van der Waals surface area contributed by atoms with Crippen LogP contribution in [0.1, 0.15) is 54.6 Å². The fraction of sp³-hybridized carbons (Fsp3) is 0.733. The number of rotatable bonds is 2. The summed E-state index contributed by atoms with van der Waals surface area (Å²) < 4.78 is 2.15. The second kappa shape index (κ2) is 4.07. The number of hydrogen-bond donors (Lipinski definition) is 2. The van der Waals surface area contributed by atoms with Gasteiger partial charge in [-0.1, -0.05) is 0 Å². The van der Waals surface area contributed by atoms with Crippen LogP contribution in [0.3, 0.4) is 0 Å². The molecule has 1 heterocycles. The van der Waals surface area contributed by atoms with E-state index in [2.05, 4.69) is 15.2 Å². The second-order valence-corrected chi connectivity index (χ2v) is 7.17. The van der Waals surface area contributed by atoms with Crippen LogP contribution < -0.4 is 11.3 Å². The summed E-state index contributed by atoms with van der Waals surface area (Å²) in [5.74, 6) is 7.63. The van der Waals surface area contributed by atoms with E-state index in [1.165, 1.54) is 38.5 Å². The molecule has 4 aliphatic carbocycles. The number of aromatic nitrogens is 2. The number of nitrogen functional groups attached to an aromatic ring is 1. The third-order valence-corrected chi connectivity index (χ3v) is 5.84. The van der Waals surface area contributed by atoms with Crippen molar-refractivity contribution in [2.45, 2.75) is 51.0 Å². The van der Waals surface area contributed by atoms with Gasteiger partial charge in [-0.3, -0.25) is 14.9 Å². The molecule has 0 atom stereocenters. The Balaban J connectivity index is 1.74. The van der Waals surface area contributed by atoms with Crippen LogP contribution >= 0.6 is 0 Å². The van der Waals surface area contributed by atoms with E-state index < -0.39 is 0 Å². The predicted octanol–water partition coefficient (Wildman–Crippen LogP) is 1.72. The number of nitrogens with two attached hydrogens (primary N) is 1. The molecule has 4 bridgehead atoms. The topological polar surface area (TPSA) is 72.9 Å². The zero-order valence-electron chi connectivity index (χ0n) is 11.9. The molecule has 0 radical (unpaired) electrons. The van der Waals surface area contributed by atoms with E-state index in [0.717, 1.165) is 23.4 Å². The zero-order chi connectivity index (χ0) is 13.9. The average molecular weight is 274 g/mol. The standard InChI is InChI=1S/C15H22N4O/c1-9-13(14(20)18-16)8-17-19(9)15-5-10-2-11(6-15)4-12(3-10)7-15/h8,10-12H,2-7,16H2,1H3,(H,18,20). The van der Waals surface area contributed by atoms with Crippen molar-refractivity contribution in [1.82, 2.24) is 15.2 Å². The Morgan fingerprint density at radius 3 is 2.35 bits per heavy atom. The van der Waals surface area contributed by atoms with Crippen LogP contribution in [0, 0.1) is 24.7 Å². The van der Waals surface area contributed by atoms with Crippen molar-refractivity contribution < 1.29 is 4.79 Å². The summed E-state index contributed by atoms with van der Waals surface area (Å²) in [4.78, 5) is 11.8. The lowest BCUT2D eigenvalue weighted by Crippen LogP contribution is -2.52. The summed E-state index contributed by atoms with van der Waals surface area (Å²) in [6.45, 7) is 2.00. The monoisotopic (exact) mass is 274 g/mol. The van der Waals surface area contributed by atoms with E-state index in [1.54, 1.807) is 6.20 Å². The summed E-state index contributed by atoms with van der Waals surface area (Å²) in [5, 5.41) is 4.58. The molecule has 4 fully saturated rings. The van der Waals surface area contributed by atoms with E-state index in [1.807, 2.05) is 6.92 Å². The van der Waals surface area contributed by atoms with Crippen molar-refractivity contribution in [1.29, 1.82) is 0 Å². The number of hydrazine groups is 1. The van der Waals surface area contributed by atoms with Crippen molar-refractivity contribution in [3.63, 3.8) is 0 Å². The van der Waals surface area contributed by atoms with Crippen LogP contribution in [-0.2, 0) is 5.54 Å². The highest BCUT2D eigenvalue weighted by atomic mass is 16.2. The lowest BCUT2D eigenvalue weighted by atomic mass is 9.53. The van der Waals surface area contributed by atoms with Crippen LogP contribution in [0.25, 0.3) is 0 Å². The first kappa shape index (κ1) is 12.4. The molecule has 108 valence electrons. The highest BCUT2D eigenvalue weighted by molar-refractivity contribution is 5.94. The first-order chi connectivity index (χ1) is 9.61. The third kappa shape index (κ3) is 1.59. The van der Waals surface area contributed by atoms with Crippen LogP contribution in [0.4, 0.5) is 0 Å². The Labute approximate surface area is 118 Å².